The zero-order chi connectivity index (χ0) is 15.5. The van der Waals surface area contributed by atoms with Gasteiger partial charge in [-0.25, -0.2) is 8.42 Å². The largest absolute Gasteiger partial charge is 0.379 e. The number of carbonyl (C=O) groups excluding carboxylic acids is 1. The van der Waals surface area contributed by atoms with E-state index >= 15 is 0 Å². The molecule has 0 bridgehead atoms. The van der Waals surface area contributed by atoms with Crippen LogP contribution in [0, 0.1) is 5.92 Å². The molecule has 1 amide bonds. The van der Waals surface area contributed by atoms with Crippen molar-refractivity contribution in [2.45, 2.75) is 17.9 Å². The Labute approximate surface area is 124 Å². The molecule has 0 saturated carbocycles. The van der Waals surface area contributed by atoms with Crippen LogP contribution in [0.2, 0.25) is 0 Å². The predicted molar refractivity (Wildman–Crippen MR) is 80.0 cm³/mol. The van der Waals surface area contributed by atoms with Crippen molar-refractivity contribution in [3.05, 3.63) is 24.3 Å². The molecule has 1 fully saturated rings. The van der Waals surface area contributed by atoms with Crippen LogP contribution in [-0.2, 0) is 19.4 Å². The fourth-order valence-electron chi connectivity index (χ4n) is 2.32. The molecule has 0 spiro atoms. The van der Waals surface area contributed by atoms with Gasteiger partial charge in [0, 0.05) is 18.0 Å². The van der Waals surface area contributed by atoms with E-state index in [1.807, 2.05) is 6.92 Å². The molecule has 7 heteroatoms. The molecule has 1 aliphatic rings. The Balaban J connectivity index is 2.09. The van der Waals surface area contributed by atoms with Crippen molar-refractivity contribution in [2.75, 3.05) is 31.3 Å². The topological polar surface area (TPSA) is 84.5 Å². The Morgan fingerprint density at radius 3 is 2.81 bits per heavy atom. The van der Waals surface area contributed by atoms with Crippen molar-refractivity contribution in [1.29, 1.82) is 0 Å². The summed E-state index contributed by atoms with van der Waals surface area (Å²) in [5, 5.41) is 5.98. The van der Waals surface area contributed by atoms with Crippen LogP contribution in [0.5, 0.6) is 0 Å². The number of carbonyl (C=O) groups is 1. The first kappa shape index (κ1) is 15.9. The lowest BCUT2D eigenvalue weighted by Crippen LogP contribution is -2.41. The lowest BCUT2D eigenvalue weighted by Gasteiger charge is -2.18. The second-order valence-electron chi connectivity index (χ2n) is 5.10. The summed E-state index contributed by atoms with van der Waals surface area (Å²) in [5.74, 6) is -0.434. The average Bonchev–Trinajstić information content (AvgIpc) is 2.87. The molecular weight excluding hydrogens is 292 g/mol. The molecule has 1 heterocycles. The number of sulfone groups is 1. The summed E-state index contributed by atoms with van der Waals surface area (Å²) in [6, 6.07) is 6.24. The summed E-state index contributed by atoms with van der Waals surface area (Å²) >= 11 is 0. The van der Waals surface area contributed by atoms with E-state index in [1.165, 1.54) is 12.1 Å². The zero-order valence-corrected chi connectivity index (χ0v) is 12.9. The first-order valence-corrected chi connectivity index (χ1v) is 8.73. The Morgan fingerprint density at radius 2 is 2.14 bits per heavy atom. The van der Waals surface area contributed by atoms with Gasteiger partial charge in [0.15, 0.2) is 9.84 Å². The van der Waals surface area contributed by atoms with Gasteiger partial charge >= 0.3 is 0 Å². The van der Waals surface area contributed by atoms with Crippen molar-refractivity contribution in [3.63, 3.8) is 0 Å². The molecule has 1 aromatic rings. The fourth-order valence-corrected chi connectivity index (χ4v) is 2.98. The first-order valence-electron chi connectivity index (χ1n) is 6.84. The zero-order valence-electron chi connectivity index (χ0n) is 12.1. The molecular formula is C14H20N2O4S. The summed E-state index contributed by atoms with van der Waals surface area (Å²) in [4.78, 5) is 12.5. The molecule has 2 unspecified atom stereocenters. The molecule has 1 saturated heterocycles. The monoisotopic (exact) mass is 312 g/mol. The minimum atomic E-state index is -3.29. The highest BCUT2D eigenvalue weighted by Gasteiger charge is 2.33. The highest BCUT2D eigenvalue weighted by Crippen LogP contribution is 2.19. The maximum Gasteiger partial charge on any atom is 0.231 e. The van der Waals surface area contributed by atoms with E-state index in [4.69, 9.17) is 4.74 Å². The number of rotatable bonds is 5. The van der Waals surface area contributed by atoms with E-state index in [1.54, 1.807) is 12.1 Å². The van der Waals surface area contributed by atoms with Gasteiger partial charge in [-0.05, 0) is 24.7 Å². The Hall–Kier alpha value is -1.44. The van der Waals surface area contributed by atoms with E-state index in [0.29, 0.717) is 18.9 Å². The number of amides is 1. The fraction of sp³-hybridized carbons (Fsp3) is 0.500. The predicted octanol–water partition coefficient (Wildman–Crippen LogP) is 0.653. The van der Waals surface area contributed by atoms with Gasteiger partial charge in [0.05, 0.1) is 24.0 Å². The molecule has 116 valence electrons. The molecule has 2 N–H and O–H groups in total. The third kappa shape index (κ3) is 4.03. The number of nitrogens with one attached hydrogen (secondary N) is 2. The molecule has 1 aliphatic heterocycles. The van der Waals surface area contributed by atoms with Gasteiger partial charge < -0.3 is 15.4 Å². The number of anilines is 1. The van der Waals surface area contributed by atoms with E-state index in [0.717, 1.165) is 12.8 Å². The van der Waals surface area contributed by atoms with Crippen LogP contribution in [0.3, 0.4) is 0 Å². The van der Waals surface area contributed by atoms with Gasteiger partial charge in [-0.1, -0.05) is 13.0 Å². The SMILES string of the molecule is CCNC1COCC1C(=O)Nc1cccc(S(C)(=O)=O)c1. The van der Waals surface area contributed by atoms with Crippen molar-refractivity contribution >= 4 is 21.4 Å². The number of likely N-dealkylation sites (N-methyl/N-ethyl adjacent to an activating group) is 1. The van der Waals surface area contributed by atoms with Crippen LogP contribution in [0.1, 0.15) is 6.92 Å². The van der Waals surface area contributed by atoms with Crippen LogP contribution in [0.4, 0.5) is 5.69 Å². The van der Waals surface area contributed by atoms with Crippen LogP contribution in [0.15, 0.2) is 29.2 Å². The quantitative estimate of drug-likeness (QED) is 0.834. The van der Waals surface area contributed by atoms with Crippen molar-refractivity contribution < 1.29 is 17.9 Å². The van der Waals surface area contributed by atoms with E-state index in [2.05, 4.69) is 10.6 Å². The summed E-state index contributed by atoms with van der Waals surface area (Å²) < 4.78 is 28.4. The van der Waals surface area contributed by atoms with Crippen LogP contribution < -0.4 is 10.6 Å². The highest BCUT2D eigenvalue weighted by atomic mass is 32.2. The van der Waals surface area contributed by atoms with Crippen molar-refractivity contribution in [1.82, 2.24) is 5.32 Å². The summed E-state index contributed by atoms with van der Waals surface area (Å²) in [6.07, 6.45) is 1.14. The van der Waals surface area contributed by atoms with Crippen LogP contribution >= 0.6 is 0 Å². The number of hydrogen-bond acceptors (Lipinski definition) is 5. The number of ether oxygens (including phenoxy) is 1. The Bertz CT molecular complexity index is 615. The number of benzene rings is 1. The van der Waals surface area contributed by atoms with Gasteiger partial charge in [-0.15, -0.1) is 0 Å². The summed E-state index contributed by atoms with van der Waals surface area (Å²) in [6.45, 7) is 3.62. The third-order valence-electron chi connectivity index (χ3n) is 3.41. The van der Waals surface area contributed by atoms with Crippen molar-refractivity contribution in [2.24, 2.45) is 5.92 Å². The minimum absolute atomic E-state index is 0.00640. The molecule has 21 heavy (non-hydrogen) atoms. The smallest absolute Gasteiger partial charge is 0.231 e. The maximum absolute atomic E-state index is 12.3. The third-order valence-corrected chi connectivity index (χ3v) is 4.52. The van der Waals surface area contributed by atoms with Gasteiger partial charge in [0.2, 0.25) is 5.91 Å². The lowest BCUT2D eigenvalue weighted by molar-refractivity contribution is -0.120. The van der Waals surface area contributed by atoms with Crippen LogP contribution in [-0.4, -0.2) is 46.4 Å². The van der Waals surface area contributed by atoms with E-state index < -0.39 is 9.84 Å². The average molecular weight is 312 g/mol. The van der Waals surface area contributed by atoms with E-state index in [9.17, 15) is 13.2 Å². The lowest BCUT2D eigenvalue weighted by atomic mass is 10.0. The van der Waals surface area contributed by atoms with Crippen LogP contribution in [0.25, 0.3) is 0 Å². The maximum atomic E-state index is 12.3. The molecule has 1 aromatic carbocycles. The molecule has 0 aliphatic carbocycles. The standard InChI is InChI=1S/C14H20N2O4S/c1-3-15-13-9-20-8-12(13)14(17)16-10-5-4-6-11(7-10)21(2,18)19/h4-7,12-13,15H,3,8-9H2,1-2H3,(H,16,17). The molecule has 2 atom stereocenters. The molecule has 0 aromatic heterocycles. The molecule has 0 radical (unpaired) electrons. The van der Waals surface area contributed by atoms with Gasteiger partial charge in [0.1, 0.15) is 0 Å². The Kier molecular flexibility index (Phi) is 4.97. The minimum Gasteiger partial charge on any atom is -0.379 e. The second kappa shape index (κ2) is 6.55. The van der Waals surface area contributed by atoms with Gasteiger partial charge in [-0.2, -0.15) is 0 Å². The number of hydrogen-bond donors (Lipinski definition) is 2. The second-order valence-corrected chi connectivity index (χ2v) is 7.11. The van der Waals surface area contributed by atoms with Gasteiger partial charge in [-0.3, -0.25) is 4.79 Å². The summed E-state index contributed by atoms with van der Waals surface area (Å²) in [7, 11) is -3.29. The summed E-state index contributed by atoms with van der Waals surface area (Å²) in [5.41, 5.74) is 0.477. The van der Waals surface area contributed by atoms with E-state index in [-0.39, 0.29) is 22.8 Å². The highest BCUT2D eigenvalue weighted by molar-refractivity contribution is 7.90. The van der Waals surface area contributed by atoms with Crippen molar-refractivity contribution in [3.8, 4) is 0 Å². The van der Waals surface area contributed by atoms with Gasteiger partial charge in [0.25, 0.3) is 0 Å². The normalized spacial score (nSPS) is 22.2. The Morgan fingerprint density at radius 1 is 1.38 bits per heavy atom. The molecule has 2 rings (SSSR count). The first-order chi connectivity index (χ1) is 9.91. The molecule has 6 nitrogen and oxygen atoms in total.